The van der Waals surface area contributed by atoms with Crippen LogP contribution in [0.4, 0.5) is 5.69 Å². The summed E-state index contributed by atoms with van der Waals surface area (Å²) in [6, 6.07) is 6.60. The summed E-state index contributed by atoms with van der Waals surface area (Å²) in [5, 5.41) is 0. The van der Waals surface area contributed by atoms with Crippen LogP contribution in [0.15, 0.2) is 29.2 Å². The second kappa shape index (κ2) is 5.51. The molecule has 19 heavy (non-hydrogen) atoms. The average Bonchev–Trinajstić information content (AvgIpc) is 2.26. The summed E-state index contributed by atoms with van der Waals surface area (Å²) in [6.45, 7) is 4.35. The molecule has 2 unspecified atom stereocenters. The number of sulfonamides is 1. The summed E-state index contributed by atoms with van der Waals surface area (Å²) in [5.41, 5.74) is 6.05. The van der Waals surface area contributed by atoms with E-state index in [0.717, 1.165) is 12.8 Å². The van der Waals surface area contributed by atoms with Crippen molar-refractivity contribution < 1.29 is 8.42 Å². The second-order valence-corrected chi connectivity index (χ2v) is 7.46. The molecular formula is C14H22N2O2S. The van der Waals surface area contributed by atoms with Crippen molar-refractivity contribution in [3.8, 4) is 0 Å². The van der Waals surface area contributed by atoms with Crippen LogP contribution in [0.1, 0.15) is 33.1 Å². The zero-order valence-electron chi connectivity index (χ0n) is 11.5. The lowest BCUT2D eigenvalue weighted by molar-refractivity contribution is 0.258. The Labute approximate surface area is 115 Å². The van der Waals surface area contributed by atoms with E-state index < -0.39 is 10.0 Å². The van der Waals surface area contributed by atoms with E-state index in [4.69, 9.17) is 5.73 Å². The quantitative estimate of drug-likeness (QED) is 0.836. The van der Waals surface area contributed by atoms with Crippen molar-refractivity contribution in [2.75, 3.05) is 5.73 Å². The van der Waals surface area contributed by atoms with Gasteiger partial charge in [0.25, 0.3) is 0 Å². The standard InChI is InChI=1S/C14H22N2O2S/c1-10-7-11(2)9-12(8-10)16-19(17,18)14-6-4-3-5-13(14)15/h3-6,10-12,16H,7-9,15H2,1-2H3. The van der Waals surface area contributed by atoms with Crippen LogP contribution in [0.3, 0.4) is 0 Å². The van der Waals surface area contributed by atoms with Gasteiger partial charge >= 0.3 is 0 Å². The summed E-state index contributed by atoms with van der Waals surface area (Å²) >= 11 is 0. The summed E-state index contributed by atoms with van der Waals surface area (Å²) < 4.78 is 27.5. The first-order valence-electron chi connectivity index (χ1n) is 6.75. The zero-order chi connectivity index (χ0) is 14.0. The largest absolute Gasteiger partial charge is 0.398 e. The number of rotatable bonds is 3. The monoisotopic (exact) mass is 282 g/mol. The molecule has 2 atom stereocenters. The molecule has 1 aliphatic rings. The Hall–Kier alpha value is -1.07. The maximum Gasteiger partial charge on any atom is 0.242 e. The molecule has 0 radical (unpaired) electrons. The minimum absolute atomic E-state index is 0.0170. The Kier molecular flexibility index (Phi) is 4.16. The van der Waals surface area contributed by atoms with Crippen molar-refractivity contribution >= 4 is 15.7 Å². The lowest BCUT2D eigenvalue weighted by Crippen LogP contribution is -2.40. The minimum Gasteiger partial charge on any atom is -0.398 e. The van der Waals surface area contributed by atoms with Gasteiger partial charge in [0.1, 0.15) is 4.90 Å². The molecule has 1 aromatic carbocycles. The Morgan fingerprint density at radius 2 is 1.68 bits per heavy atom. The highest BCUT2D eigenvalue weighted by molar-refractivity contribution is 7.89. The third-order valence-electron chi connectivity index (χ3n) is 3.71. The van der Waals surface area contributed by atoms with Crippen LogP contribution < -0.4 is 10.5 Å². The van der Waals surface area contributed by atoms with E-state index >= 15 is 0 Å². The number of para-hydroxylation sites is 1. The summed E-state index contributed by atoms with van der Waals surface area (Å²) in [6.07, 6.45) is 2.97. The minimum atomic E-state index is -3.51. The van der Waals surface area contributed by atoms with E-state index in [2.05, 4.69) is 18.6 Å². The van der Waals surface area contributed by atoms with Gasteiger partial charge in [-0.3, -0.25) is 0 Å². The molecule has 1 aromatic rings. The Bertz CT molecular complexity index is 532. The van der Waals surface area contributed by atoms with Crippen LogP contribution in [0.2, 0.25) is 0 Å². The predicted molar refractivity (Wildman–Crippen MR) is 77.1 cm³/mol. The molecule has 3 N–H and O–H groups in total. The SMILES string of the molecule is CC1CC(C)CC(NS(=O)(=O)c2ccccc2N)C1. The van der Waals surface area contributed by atoms with Crippen molar-refractivity contribution in [1.82, 2.24) is 4.72 Å². The number of nitrogens with one attached hydrogen (secondary N) is 1. The van der Waals surface area contributed by atoms with E-state index in [1.165, 1.54) is 6.42 Å². The van der Waals surface area contributed by atoms with Crippen molar-refractivity contribution in [2.45, 2.75) is 44.0 Å². The maximum atomic E-state index is 12.3. The molecule has 1 aliphatic carbocycles. The first-order valence-corrected chi connectivity index (χ1v) is 8.23. The van der Waals surface area contributed by atoms with E-state index in [-0.39, 0.29) is 10.9 Å². The molecule has 0 amide bonds. The maximum absolute atomic E-state index is 12.3. The molecule has 5 heteroatoms. The molecule has 0 heterocycles. The molecule has 1 saturated carbocycles. The fraction of sp³-hybridized carbons (Fsp3) is 0.571. The second-order valence-electron chi connectivity index (χ2n) is 5.77. The van der Waals surface area contributed by atoms with Crippen LogP contribution >= 0.6 is 0 Å². The highest BCUT2D eigenvalue weighted by Gasteiger charge is 2.28. The van der Waals surface area contributed by atoms with Gasteiger partial charge in [-0.05, 0) is 43.2 Å². The van der Waals surface area contributed by atoms with Gasteiger partial charge in [0, 0.05) is 6.04 Å². The molecule has 0 bridgehead atoms. The van der Waals surface area contributed by atoms with Crippen LogP contribution in [0.5, 0.6) is 0 Å². The summed E-state index contributed by atoms with van der Waals surface area (Å²) in [4.78, 5) is 0.181. The van der Waals surface area contributed by atoms with Gasteiger partial charge in [0.2, 0.25) is 10.0 Å². The Morgan fingerprint density at radius 3 is 2.26 bits per heavy atom. The fourth-order valence-electron chi connectivity index (χ4n) is 3.05. The van der Waals surface area contributed by atoms with E-state index in [1.54, 1.807) is 24.3 Å². The van der Waals surface area contributed by atoms with Crippen LogP contribution in [0.25, 0.3) is 0 Å². The van der Waals surface area contributed by atoms with Crippen molar-refractivity contribution in [1.29, 1.82) is 0 Å². The predicted octanol–water partition coefficient (Wildman–Crippen LogP) is 2.37. The molecule has 4 nitrogen and oxygen atoms in total. The molecule has 0 aromatic heterocycles. The molecule has 0 spiro atoms. The topological polar surface area (TPSA) is 72.2 Å². The van der Waals surface area contributed by atoms with E-state index in [1.807, 2.05) is 0 Å². The third-order valence-corrected chi connectivity index (χ3v) is 5.30. The fourth-order valence-corrected chi connectivity index (χ4v) is 4.45. The van der Waals surface area contributed by atoms with Gasteiger partial charge in [0.15, 0.2) is 0 Å². The van der Waals surface area contributed by atoms with Gasteiger partial charge in [-0.25, -0.2) is 13.1 Å². The summed E-state index contributed by atoms with van der Waals surface area (Å²) in [5.74, 6) is 1.12. The van der Waals surface area contributed by atoms with Crippen LogP contribution in [-0.2, 0) is 10.0 Å². The van der Waals surface area contributed by atoms with Gasteiger partial charge in [-0.15, -0.1) is 0 Å². The number of nitrogen functional groups attached to an aromatic ring is 1. The van der Waals surface area contributed by atoms with Crippen LogP contribution in [-0.4, -0.2) is 14.5 Å². The van der Waals surface area contributed by atoms with Gasteiger partial charge in [0.05, 0.1) is 5.69 Å². The lowest BCUT2D eigenvalue weighted by Gasteiger charge is -2.31. The number of benzene rings is 1. The van der Waals surface area contributed by atoms with Gasteiger partial charge in [-0.1, -0.05) is 26.0 Å². The molecule has 106 valence electrons. The van der Waals surface area contributed by atoms with Crippen molar-refractivity contribution in [3.63, 3.8) is 0 Å². The number of hydrogen-bond donors (Lipinski definition) is 2. The summed E-state index contributed by atoms with van der Waals surface area (Å²) in [7, 11) is -3.51. The zero-order valence-corrected chi connectivity index (χ0v) is 12.3. The van der Waals surface area contributed by atoms with E-state index in [9.17, 15) is 8.42 Å². The van der Waals surface area contributed by atoms with Gasteiger partial charge < -0.3 is 5.73 Å². The smallest absolute Gasteiger partial charge is 0.242 e. The first-order chi connectivity index (χ1) is 8.88. The highest BCUT2D eigenvalue weighted by atomic mass is 32.2. The highest BCUT2D eigenvalue weighted by Crippen LogP contribution is 2.29. The lowest BCUT2D eigenvalue weighted by atomic mass is 9.81. The Morgan fingerprint density at radius 1 is 1.11 bits per heavy atom. The van der Waals surface area contributed by atoms with E-state index in [0.29, 0.717) is 17.5 Å². The molecule has 1 fully saturated rings. The molecular weight excluding hydrogens is 260 g/mol. The van der Waals surface area contributed by atoms with Gasteiger partial charge in [-0.2, -0.15) is 0 Å². The molecule has 0 saturated heterocycles. The van der Waals surface area contributed by atoms with Crippen LogP contribution in [0, 0.1) is 11.8 Å². The average molecular weight is 282 g/mol. The number of hydrogen-bond acceptors (Lipinski definition) is 3. The first kappa shape index (κ1) is 14.3. The van der Waals surface area contributed by atoms with Crippen molar-refractivity contribution in [3.05, 3.63) is 24.3 Å². The molecule has 0 aliphatic heterocycles. The van der Waals surface area contributed by atoms with Crippen molar-refractivity contribution in [2.24, 2.45) is 11.8 Å². The normalized spacial score (nSPS) is 28.2. The Balaban J connectivity index is 2.16. The molecule has 2 rings (SSSR count). The number of anilines is 1. The third kappa shape index (κ3) is 3.48. The number of nitrogens with two attached hydrogens (primary N) is 1.